The van der Waals surface area contributed by atoms with E-state index >= 15 is 0 Å². The molecule has 0 bridgehead atoms. The minimum Gasteiger partial charge on any atom is -0.309 e. The van der Waals surface area contributed by atoms with Crippen LogP contribution in [0.1, 0.15) is 49.9 Å². The Kier molecular flexibility index (Phi) is 3.00. The summed E-state index contributed by atoms with van der Waals surface area (Å²) in [6, 6.07) is 1.64. The normalized spacial score (nSPS) is 17.8. The molecular weight excluding hydrogens is 191 g/mol. The van der Waals surface area contributed by atoms with E-state index in [0.717, 1.165) is 12.1 Å². The largest absolute Gasteiger partial charge is 0.309 e. The van der Waals surface area contributed by atoms with Gasteiger partial charge in [0.2, 0.25) is 0 Å². The van der Waals surface area contributed by atoms with E-state index in [2.05, 4.69) is 10.3 Å². The summed E-state index contributed by atoms with van der Waals surface area (Å²) in [4.78, 5) is 4.22. The second-order valence-electron chi connectivity index (χ2n) is 4.19. The Balaban J connectivity index is 2.17. The van der Waals surface area contributed by atoms with Crippen LogP contribution in [-0.2, 0) is 0 Å². The maximum atomic E-state index is 13.7. The first-order chi connectivity index (χ1) is 7.22. The zero-order chi connectivity index (χ0) is 10.8. The van der Waals surface area contributed by atoms with Gasteiger partial charge in [0.25, 0.3) is 0 Å². The molecule has 1 fully saturated rings. The molecule has 2 nitrogen and oxygen atoms in total. The van der Waals surface area contributed by atoms with Gasteiger partial charge in [0.1, 0.15) is 5.82 Å². The summed E-state index contributed by atoms with van der Waals surface area (Å²) >= 11 is 0. The first-order valence-electron chi connectivity index (χ1n) is 5.61. The first-order valence-corrected chi connectivity index (χ1v) is 5.61. The van der Waals surface area contributed by atoms with E-state index in [1.165, 1.54) is 12.8 Å². The monoisotopic (exact) mass is 208 g/mol. The van der Waals surface area contributed by atoms with Gasteiger partial charge in [0, 0.05) is 12.2 Å². The van der Waals surface area contributed by atoms with E-state index in [9.17, 15) is 4.39 Å². The van der Waals surface area contributed by atoms with Gasteiger partial charge in [-0.15, -0.1) is 0 Å². The molecule has 1 aliphatic carbocycles. The molecule has 1 unspecified atom stereocenters. The summed E-state index contributed by atoms with van der Waals surface area (Å²) in [6.07, 6.45) is 4.19. The third kappa shape index (κ3) is 2.34. The van der Waals surface area contributed by atoms with Crippen molar-refractivity contribution in [1.82, 2.24) is 10.3 Å². The first kappa shape index (κ1) is 10.6. The summed E-state index contributed by atoms with van der Waals surface area (Å²) in [5.74, 6) is 0.392. The highest BCUT2D eigenvalue weighted by Gasteiger charge is 2.25. The fraction of sp³-hybridized carbons (Fsp3) is 0.583. The Bertz CT molecular complexity index is 347. The quantitative estimate of drug-likeness (QED) is 0.823. The van der Waals surface area contributed by atoms with Gasteiger partial charge in [0.05, 0.1) is 5.69 Å². The van der Waals surface area contributed by atoms with Crippen LogP contribution in [0.5, 0.6) is 0 Å². The number of nitrogens with one attached hydrogen (secondary N) is 1. The lowest BCUT2D eigenvalue weighted by Crippen LogP contribution is -2.20. The molecule has 0 spiro atoms. The van der Waals surface area contributed by atoms with E-state index in [4.69, 9.17) is 0 Å². The van der Waals surface area contributed by atoms with Crippen LogP contribution in [0, 0.1) is 5.82 Å². The van der Waals surface area contributed by atoms with Crippen LogP contribution in [-0.4, -0.2) is 11.5 Å². The predicted octanol–water partition coefficient (Wildman–Crippen LogP) is 2.77. The molecule has 15 heavy (non-hydrogen) atoms. The van der Waals surface area contributed by atoms with E-state index in [1.54, 1.807) is 6.07 Å². The standard InChI is InChI=1S/C12H17FN2/c1-3-14-8(2)12-11(13)6-10(7-15-12)9-4-5-9/h6-9,14H,3-5H2,1-2H3. The van der Waals surface area contributed by atoms with Gasteiger partial charge in [-0.05, 0) is 43.9 Å². The summed E-state index contributed by atoms with van der Waals surface area (Å²) in [6.45, 7) is 4.77. The van der Waals surface area contributed by atoms with Crippen molar-refractivity contribution in [3.63, 3.8) is 0 Å². The van der Waals surface area contributed by atoms with Gasteiger partial charge in [-0.3, -0.25) is 4.98 Å². The molecule has 1 aromatic rings. The number of nitrogens with zero attached hydrogens (tertiary/aromatic N) is 1. The number of aromatic nitrogens is 1. The van der Waals surface area contributed by atoms with Crippen LogP contribution in [0.15, 0.2) is 12.3 Å². The lowest BCUT2D eigenvalue weighted by atomic mass is 10.1. The SMILES string of the molecule is CCNC(C)c1ncc(C2CC2)cc1F. The van der Waals surface area contributed by atoms with Crippen LogP contribution < -0.4 is 5.32 Å². The van der Waals surface area contributed by atoms with Crippen molar-refractivity contribution in [3.8, 4) is 0 Å². The minimum absolute atomic E-state index is 0.0109. The molecule has 0 aromatic carbocycles. The molecule has 1 aromatic heterocycles. The molecule has 0 aliphatic heterocycles. The molecule has 1 N–H and O–H groups in total. The van der Waals surface area contributed by atoms with Gasteiger partial charge in [-0.1, -0.05) is 6.92 Å². The van der Waals surface area contributed by atoms with Crippen LogP contribution >= 0.6 is 0 Å². The molecule has 1 aliphatic rings. The molecular formula is C12H17FN2. The molecule has 0 saturated heterocycles. The Hall–Kier alpha value is -0.960. The molecule has 0 radical (unpaired) electrons. The number of hydrogen-bond donors (Lipinski definition) is 1. The van der Waals surface area contributed by atoms with Crippen LogP contribution in [0.3, 0.4) is 0 Å². The topological polar surface area (TPSA) is 24.9 Å². The van der Waals surface area contributed by atoms with Crippen LogP contribution in [0.4, 0.5) is 4.39 Å². The van der Waals surface area contributed by atoms with Gasteiger partial charge < -0.3 is 5.32 Å². The molecule has 1 saturated carbocycles. The smallest absolute Gasteiger partial charge is 0.146 e. The molecule has 1 heterocycles. The zero-order valence-corrected chi connectivity index (χ0v) is 9.26. The maximum absolute atomic E-state index is 13.7. The Morgan fingerprint density at radius 3 is 2.87 bits per heavy atom. The van der Waals surface area contributed by atoms with Crippen molar-refractivity contribution in [3.05, 3.63) is 29.3 Å². The van der Waals surface area contributed by atoms with E-state index in [0.29, 0.717) is 11.6 Å². The third-order valence-corrected chi connectivity index (χ3v) is 2.86. The summed E-state index contributed by atoms with van der Waals surface area (Å²) in [7, 11) is 0. The average molecular weight is 208 g/mol. The zero-order valence-electron chi connectivity index (χ0n) is 9.26. The Labute approximate surface area is 89.9 Å². The Morgan fingerprint density at radius 2 is 2.33 bits per heavy atom. The van der Waals surface area contributed by atoms with E-state index in [-0.39, 0.29) is 11.9 Å². The van der Waals surface area contributed by atoms with Crippen molar-refractivity contribution in [2.24, 2.45) is 0 Å². The second kappa shape index (κ2) is 4.27. The van der Waals surface area contributed by atoms with Crippen molar-refractivity contribution >= 4 is 0 Å². The van der Waals surface area contributed by atoms with Gasteiger partial charge in [-0.25, -0.2) is 4.39 Å². The van der Waals surface area contributed by atoms with Gasteiger partial charge >= 0.3 is 0 Å². The van der Waals surface area contributed by atoms with Gasteiger partial charge in [-0.2, -0.15) is 0 Å². The predicted molar refractivity (Wildman–Crippen MR) is 58.3 cm³/mol. The lowest BCUT2D eigenvalue weighted by Gasteiger charge is -2.13. The minimum atomic E-state index is -0.173. The summed E-state index contributed by atoms with van der Waals surface area (Å²) in [5.41, 5.74) is 1.58. The summed E-state index contributed by atoms with van der Waals surface area (Å²) in [5, 5.41) is 3.16. The maximum Gasteiger partial charge on any atom is 0.146 e. The highest BCUT2D eigenvalue weighted by molar-refractivity contribution is 5.24. The molecule has 1 atom stereocenters. The lowest BCUT2D eigenvalue weighted by molar-refractivity contribution is 0.523. The van der Waals surface area contributed by atoms with Crippen molar-refractivity contribution in [2.45, 2.75) is 38.6 Å². The fourth-order valence-electron chi connectivity index (χ4n) is 1.82. The number of pyridine rings is 1. The van der Waals surface area contributed by atoms with Crippen LogP contribution in [0.2, 0.25) is 0 Å². The highest BCUT2D eigenvalue weighted by atomic mass is 19.1. The van der Waals surface area contributed by atoms with Gasteiger partial charge in [0.15, 0.2) is 0 Å². The fourth-order valence-corrected chi connectivity index (χ4v) is 1.82. The van der Waals surface area contributed by atoms with Crippen molar-refractivity contribution in [2.75, 3.05) is 6.54 Å². The molecule has 3 heteroatoms. The Morgan fingerprint density at radius 1 is 1.60 bits per heavy atom. The number of hydrogen-bond acceptors (Lipinski definition) is 2. The molecule has 82 valence electrons. The summed E-state index contributed by atoms with van der Waals surface area (Å²) < 4.78 is 13.7. The molecule has 2 rings (SSSR count). The third-order valence-electron chi connectivity index (χ3n) is 2.86. The highest BCUT2D eigenvalue weighted by Crippen LogP contribution is 2.40. The average Bonchev–Trinajstić information content (AvgIpc) is 3.01. The second-order valence-corrected chi connectivity index (χ2v) is 4.19. The van der Waals surface area contributed by atoms with Crippen LogP contribution in [0.25, 0.3) is 0 Å². The molecule has 0 amide bonds. The number of rotatable bonds is 4. The van der Waals surface area contributed by atoms with E-state index < -0.39 is 0 Å². The van der Waals surface area contributed by atoms with Crippen molar-refractivity contribution in [1.29, 1.82) is 0 Å². The van der Waals surface area contributed by atoms with Crippen molar-refractivity contribution < 1.29 is 4.39 Å². The van der Waals surface area contributed by atoms with E-state index in [1.807, 2.05) is 20.0 Å². The number of halogens is 1.